The van der Waals surface area contributed by atoms with Gasteiger partial charge in [-0.05, 0) is 40.8 Å². The first-order valence-electron chi connectivity index (χ1n) is 2.95. The molecule has 0 amide bonds. The highest BCUT2D eigenvalue weighted by Gasteiger charge is 2.02. The van der Waals surface area contributed by atoms with Crippen LogP contribution < -0.4 is 4.72 Å². The van der Waals surface area contributed by atoms with E-state index >= 15 is 0 Å². The number of nitrogens with one attached hydrogen (secondary N) is 1. The van der Waals surface area contributed by atoms with Crippen molar-refractivity contribution in [3.8, 4) is 0 Å². The van der Waals surface area contributed by atoms with Crippen molar-refractivity contribution < 1.29 is 8.42 Å². The topological polar surface area (TPSA) is 46.2 Å². The summed E-state index contributed by atoms with van der Waals surface area (Å²) in [4.78, 5) is 0. The molecule has 0 spiro atoms. The summed E-state index contributed by atoms with van der Waals surface area (Å²) in [5.41, 5.74) is 0.594. The van der Waals surface area contributed by atoms with Crippen molar-refractivity contribution in [2.45, 2.75) is 0 Å². The first-order chi connectivity index (χ1) is 5.47. The van der Waals surface area contributed by atoms with Gasteiger partial charge in [0.05, 0.1) is 26.9 Å². The van der Waals surface area contributed by atoms with E-state index in [-0.39, 0.29) is 0 Å². The van der Waals surface area contributed by atoms with E-state index < -0.39 is 7.19 Å². The molecule has 12 heavy (non-hydrogen) atoms. The van der Waals surface area contributed by atoms with Crippen LogP contribution in [0.25, 0.3) is 0 Å². The lowest BCUT2D eigenvalue weighted by molar-refractivity contribution is 0.617. The number of anilines is 1. The molecule has 3 nitrogen and oxygen atoms in total. The fourth-order valence-corrected chi connectivity index (χ4v) is 2.41. The van der Waals surface area contributed by atoms with Gasteiger partial charge in [0.15, 0.2) is 0 Å². The summed E-state index contributed by atoms with van der Waals surface area (Å²) in [6.45, 7) is 0. The molecule has 1 N–H and O–H groups in total. The smallest absolute Gasteiger partial charge is 0.276 e. The van der Waals surface area contributed by atoms with Crippen LogP contribution in [0.2, 0.25) is 0 Å². The summed E-state index contributed by atoms with van der Waals surface area (Å²) in [5, 5.41) is 0. The predicted octanol–water partition coefficient (Wildman–Crippen LogP) is 2.38. The number of hydrogen-bond donors (Lipinski definition) is 1. The van der Waals surface area contributed by atoms with E-state index in [1.165, 1.54) is 21.2 Å². The van der Waals surface area contributed by atoms with Gasteiger partial charge in [-0.3, -0.25) is 4.72 Å². The van der Waals surface area contributed by atoms with Gasteiger partial charge in [-0.1, -0.05) is 6.07 Å². The maximum absolute atomic E-state index is 10.8. The molecule has 0 aliphatic carbocycles. The Balaban J connectivity index is 2.91. The Bertz CT molecular complexity index is 377. The van der Waals surface area contributed by atoms with Crippen LogP contribution in [0.1, 0.15) is 0 Å². The molecule has 0 aromatic heterocycles. The monoisotopic (exact) mass is 409 g/mol. The van der Waals surface area contributed by atoms with Gasteiger partial charge in [0.2, 0.25) is 0 Å². The fraction of sp³-hybridized carbons (Fsp3) is 0. The normalized spacial score (nSPS) is 11.2. The lowest BCUT2D eigenvalue weighted by Crippen LogP contribution is -2.03. The quantitative estimate of drug-likeness (QED) is 0.603. The molecule has 66 valence electrons. The minimum atomic E-state index is -3.18. The standard InChI is InChI=1S/C6H5I2NO2S/c7-5-2-1-3-6(4-5)9-12(8,10)11/h1-4,9H. The van der Waals surface area contributed by atoms with Gasteiger partial charge in [0.1, 0.15) is 0 Å². The van der Waals surface area contributed by atoms with Crippen LogP contribution in [0.4, 0.5) is 5.69 Å². The summed E-state index contributed by atoms with van der Waals surface area (Å²) in [6.07, 6.45) is 0. The van der Waals surface area contributed by atoms with Crippen LogP contribution in [0.5, 0.6) is 0 Å². The second kappa shape index (κ2) is 4.09. The molecular formula is C6H5I2NO2S. The Kier molecular flexibility index (Phi) is 3.58. The van der Waals surface area contributed by atoms with Crippen LogP contribution in [0.3, 0.4) is 0 Å². The second-order valence-electron chi connectivity index (χ2n) is 2.05. The van der Waals surface area contributed by atoms with Crippen molar-refractivity contribution in [3.05, 3.63) is 27.8 Å². The Morgan fingerprint density at radius 1 is 1.33 bits per heavy atom. The Labute approximate surface area is 96.7 Å². The van der Waals surface area contributed by atoms with Crippen molar-refractivity contribution in [1.82, 2.24) is 0 Å². The number of rotatable bonds is 2. The Hall–Kier alpha value is 0.430. The van der Waals surface area contributed by atoms with Gasteiger partial charge in [-0.15, -0.1) is 0 Å². The predicted molar refractivity (Wildman–Crippen MR) is 65.7 cm³/mol. The summed E-state index contributed by atoms with van der Waals surface area (Å²) in [7, 11) is -3.18. The Morgan fingerprint density at radius 2 is 2.00 bits per heavy atom. The molecule has 0 heterocycles. The van der Waals surface area contributed by atoms with Crippen LogP contribution in [0.15, 0.2) is 24.3 Å². The van der Waals surface area contributed by atoms with E-state index in [4.69, 9.17) is 0 Å². The lowest BCUT2D eigenvalue weighted by atomic mass is 10.3. The molecule has 0 atom stereocenters. The zero-order valence-electron chi connectivity index (χ0n) is 5.79. The average Bonchev–Trinajstić information content (AvgIpc) is 1.82. The van der Waals surface area contributed by atoms with E-state index in [9.17, 15) is 8.42 Å². The highest BCUT2D eigenvalue weighted by atomic mass is 127. The van der Waals surface area contributed by atoms with E-state index in [0.717, 1.165) is 3.57 Å². The van der Waals surface area contributed by atoms with Crippen molar-refractivity contribution in [2.75, 3.05) is 4.72 Å². The minimum Gasteiger partial charge on any atom is -0.276 e. The number of hydrogen-bond acceptors (Lipinski definition) is 2. The Morgan fingerprint density at radius 3 is 2.50 bits per heavy atom. The van der Waals surface area contributed by atoms with E-state index in [0.29, 0.717) is 5.69 Å². The first-order valence-corrected chi connectivity index (χ1v) is 8.06. The average molecular weight is 409 g/mol. The van der Waals surface area contributed by atoms with E-state index in [1.54, 1.807) is 18.2 Å². The van der Waals surface area contributed by atoms with Gasteiger partial charge in [0.25, 0.3) is 7.19 Å². The molecule has 0 bridgehead atoms. The largest absolute Gasteiger partial charge is 0.286 e. The maximum Gasteiger partial charge on any atom is 0.286 e. The SMILES string of the molecule is O=S(=O)(I)Nc1cccc(I)c1. The summed E-state index contributed by atoms with van der Waals surface area (Å²) in [6, 6.07) is 7.16. The summed E-state index contributed by atoms with van der Waals surface area (Å²) < 4.78 is 24.9. The highest BCUT2D eigenvalue weighted by Crippen LogP contribution is 2.15. The highest BCUT2D eigenvalue weighted by molar-refractivity contribution is 14.2. The third-order valence-corrected chi connectivity index (χ3v) is 2.88. The molecule has 6 heteroatoms. The number of benzene rings is 1. The molecule has 1 aromatic rings. The molecule has 0 aliphatic heterocycles. The van der Waals surface area contributed by atoms with Crippen molar-refractivity contribution in [3.63, 3.8) is 0 Å². The fourth-order valence-electron chi connectivity index (χ4n) is 0.693. The molecule has 1 rings (SSSR count). The molecule has 0 saturated carbocycles. The lowest BCUT2D eigenvalue weighted by Gasteiger charge is -2.01. The van der Waals surface area contributed by atoms with Crippen molar-refractivity contribution in [1.29, 1.82) is 0 Å². The molecule has 0 aliphatic rings. The third kappa shape index (κ3) is 3.90. The van der Waals surface area contributed by atoms with Crippen LogP contribution in [-0.2, 0) is 7.19 Å². The zero-order chi connectivity index (χ0) is 9.19. The van der Waals surface area contributed by atoms with Gasteiger partial charge in [0, 0.05) is 3.57 Å². The van der Waals surface area contributed by atoms with Crippen LogP contribution in [-0.4, -0.2) is 8.42 Å². The molecule has 0 saturated heterocycles. The van der Waals surface area contributed by atoms with Gasteiger partial charge in [-0.2, -0.15) is 8.42 Å². The van der Waals surface area contributed by atoms with E-state index in [2.05, 4.69) is 27.3 Å². The molecular weight excluding hydrogens is 404 g/mol. The third-order valence-electron chi connectivity index (χ3n) is 1.06. The number of halogens is 2. The van der Waals surface area contributed by atoms with Crippen molar-refractivity contribution in [2.24, 2.45) is 0 Å². The second-order valence-corrected chi connectivity index (χ2v) is 7.85. The molecule has 0 unspecified atom stereocenters. The molecule has 1 aromatic carbocycles. The van der Waals surface area contributed by atoms with Crippen molar-refractivity contribution >= 4 is 56.7 Å². The van der Waals surface area contributed by atoms with Gasteiger partial charge in [-0.25, -0.2) is 0 Å². The van der Waals surface area contributed by atoms with Gasteiger partial charge >= 0.3 is 0 Å². The van der Waals surface area contributed by atoms with E-state index in [1.807, 2.05) is 6.07 Å². The minimum absolute atomic E-state index is 0.594. The first kappa shape index (κ1) is 10.5. The summed E-state index contributed by atoms with van der Waals surface area (Å²) in [5.74, 6) is 0. The molecule has 0 radical (unpaired) electrons. The summed E-state index contributed by atoms with van der Waals surface area (Å²) >= 11 is 3.47. The van der Waals surface area contributed by atoms with Crippen LogP contribution in [0, 0.1) is 3.57 Å². The van der Waals surface area contributed by atoms with Crippen LogP contribution >= 0.6 is 43.8 Å². The molecule has 0 fully saturated rings. The van der Waals surface area contributed by atoms with Gasteiger partial charge < -0.3 is 0 Å². The zero-order valence-corrected chi connectivity index (χ0v) is 10.9. The maximum atomic E-state index is 10.8.